The van der Waals surface area contributed by atoms with Crippen molar-refractivity contribution in [3.05, 3.63) is 75.3 Å². The number of piperazine rings is 1. The Morgan fingerprint density at radius 3 is 2.43 bits per heavy atom. The summed E-state index contributed by atoms with van der Waals surface area (Å²) in [5.41, 5.74) is 4.52. The number of aromatic amines is 1. The van der Waals surface area contributed by atoms with Gasteiger partial charge in [-0.25, -0.2) is 4.68 Å². The van der Waals surface area contributed by atoms with Gasteiger partial charge in [0.25, 0.3) is 5.56 Å². The SMILES string of the molecule is COc1cccc(N2CCN([C@@H](c3cc4cc(C)c(C)cc4[nH]c3=O)c3nnnn3C(C)(C)C)CC2)c1. The number of rotatable bonds is 5. The smallest absolute Gasteiger partial charge is 0.253 e. The molecule has 1 N–H and O–H groups in total. The van der Waals surface area contributed by atoms with Crippen molar-refractivity contribution in [2.45, 2.75) is 46.2 Å². The maximum Gasteiger partial charge on any atom is 0.253 e. The molecule has 0 saturated carbocycles. The number of methoxy groups -OCH3 is 1. The molecule has 1 aliphatic heterocycles. The van der Waals surface area contributed by atoms with Gasteiger partial charge in [-0.1, -0.05) is 6.07 Å². The van der Waals surface area contributed by atoms with E-state index in [1.54, 1.807) is 7.11 Å². The van der Waals surface area contributed by atoms with Crippen molar-refractivity contribution in [1.29, 1.82) is 0 Å². The Morgan fingerprint density at radius 2 is 1.73 bits per heavy atom. The molecule has 0 unspecified atom stereocenters. The number of aryl methyl sites for hydroxylation is 2. The highest BCUT2D eigenvalue weighted by molar-refractivity contribution is 5.81. The van der Waals surface area contributed by atoms with Crippen LogP contribution in [0.2, 0.25) is 0 Å². The molecule has 1 saturated heterocycles. The van der Waals surface area contributed by atoms with Crippen LogP contribution in [-0.2, 0) is 5.54 Å². The topological polar surface area (TPSA) is 92.2 Å². The largest absolute Gasteiger partial charge is 0.497 e. The summed E-state index contributed by atoms with van der Waals surface area (Å²) in [4.78, 5) is 21.3. The maximum absolute atomic E-state index is 13.5. The molecule has 0 spiro atoms. The molecule has 9 heteroatoms. The molecule has 0 amide bonds. The Kier molecular flexibility index (Phi) is 6.49. The molecule has 9 nitrogen and oxygen atoms in total. The van der Waals surface area contributed by atoms with Crippen molar-refractivity contribution in [2.24, 2.45) is 0 Å². The first-order valence-electron chi connectivity index (χ1n) is 12.7. The Hall–Kier alpha value is -3.72. The first kappa shape index (κ1) is 25.0. The van der Waals surface area contributed by atoms with E-state index in [-0.39, 0.29) is 17.1 Å². The van der Waals surface area contributed by atoms with Crippen molar-refractivity contribution in [3.63, 3.8) is 0 Å². The predicted octanol–water partition coefficient (Wildman–Crippen LogP) is 3.81. The zero-order valence-corrected chi connectivity index (χ0v) is 22.4. The summed E-state index contributed by atoms with van der Waals surface area (Å²) in [6, 6.07) is 13.9. The van der Waals surface area contributed by atoms with E-state index in [4.69, 9.17) is 4.74 Å². The second-order valence-electron chi connectivity index (χ2n) is 10.8. The predicted molar refractivity (Wildman–Crippen MR) is 145 cm³/mol. The van der Waals surface area contributed by atoms with Gasteiger partial charge in [-0.2, -0.15) is 0 Å². The monoisotopic (exact) mass is 501 g/mol. The summed E-state index contributed by atoms with van der Waals surface area (Å²) in [6.45, 7) is 13.5. The van der Waals surface area contributed by atoms with E-state index >= 15 is 0 Å². The molecule has 1 atom stereocenters. The van der Waals surface area contributed by atoms with E-state index in [2.05, 4.69) is 83.1 Å². The number of fused-ring (bicyclic) bond motifs is 1. The second-order valence-corrected chi connectivity index (χ2v) is 10.8. The van der Waals surface area contributed by atoms with Crippen LogP contribution in [0.3, 0.4) is 0 Å². The fourth-order valence-electron chi connectivity index (χ4n) is 5.08. The lowest BCUT2D eigenvalue weighted by molar-refractivity contribution is 0.190. The number of hydrogen-bond donors (Lipinski definition) is 1. The van der Waals surface area contributed by atoms with Crippen LogP contribution in [-0.4, -0.2) is 63.4 Å². The van der Waals surface area contributed by atoms with Crippen molar-refractivity contribution < 1.29 is 4.74 Å². The fourth-order valence-corrected chi connectivity index (χ4v) is 5.08. The lowest BCUT2D eigenvalue weighted by atomic mass is 9.99. The molecular formula is C28H35N7O2. The molecule has 2 aromatic heterocycles. The van der Waals surface area contributed by atoms with E-state index in [0.29, 0.717) is 11.4 Å². The van der Waals surface area contributed by atoms with Crippen LogP contribution < -0.4 is 15.2 Å². The molecule has 0 radical (unpaired) electrons. The lowest BCUT2D eigenvalue weighted by Crippen LogP contribution is -2.49. The lowest BCUT2D eigenvalue weighted by Gasteiger charge is -2.40. The van der Waals surface area contributed by atoms with Crippen LogP contribution in [0, 0.1) is 13.8 Å². The van der Waals surface area contributed by atoms with Crippen molar-refractivity contribution >= 4 is 16.6 Å². The molecule has 5 rings (SSSR count). The molecule has 1 fully saturated rings. The summed E-state index contributed by atoms with van der Waals surface area (Å²) in [5.74, 6) is 1.52. The van der Waals surface area contributed by atoms with Crippen molar-refractivity contribution in [3.8, 4) is 5.75 Å². The third-order valence-corrected chi connectivity index (χ3v) is 7.25. The first-order valence-corrected chi connectivity index (χ1v) is 12.7. The highest BCUT2D eigenvalue weighted by atomic mass is 16.5. The van der Waals surface area contributed by atoms with Crippen molar-refractivity contribution in [2.75, 3.05) is 38.2 Å². The van der Waals surface area contributed by atoms with Crippen LogP contribution >= 0.6 is 0 Å². The maximum atomic E-state index is 13.5. The second kappa shape index (κ2) is 9.63. The highest BCUT2D eigenvalue weighted by Crippen LogP contribution is 2.31. The average molecular weight is 502 g/mol. The van der Waals surface area contributed by atoms with Crippen molar-refractivity contribution in [1.82, 2.24) is 30.1 Å². The summed E-state index contributed by atoms with van der Waals surface area (Å²) in [7, 11) is 1.69. The number of ether oxygens (including phenoxy) is 1. The molecule has 0 bridgehead atoms. The van der Waals surface area contributed by atoms with E-state index < -0.39 is 0 Å². The molecule has 2 aromatic carbocycles. The van der Waals surface area contributed by atoms with Gasteiger partial charge in [0.2, 0.25) is 0 Å². The number of pyridine rings is 1. The van der Waals surface area contributed by atoms with Gasteiger partial charge in [-0.3, -0.25) is 9.69 Å². The number of tetrazole rings is 1. The first-order chi connectivity index (χ1) is 17.7. The average Bonchev–Trinajstić information content (AvgIpc) is 3.36. The Bertz CT molecular complexity index is 1480. The number of anilines is 1. The number of hydrogen-bond acceptors (Lipinski definition) is 7. The van der Waals surface area contributed by atoms with Crippen LogP contribution in [0.15, 0.2) is 47.3 Å². The molecule has 194 valence electrons. The van der Waals surface area contributed by atoms with Crippen LogP contribution in [0.5, 0.6) is 5.75 Å². The summed E-state index contributed by atoms with van der Waals surface area (Å²) in [6.07, 6.45) is 0. The van der Waals surface area contributed by atoms with E-state index in [1.807, 2.05) is 28.9 Å². The highest BCUT2D eigenvalue weighted by Gasteiger charge is 2.35. The minimum atomic E-state index is -0.378. The number of benzene rings is 2. The standard InChI is InChI=1S/C28H35N7O2/c1-18-14-20-16-23(27(36)29-24(20)15-19(18)2)25(26-30-31-32-35(26)28(3,4)5)34-12-10-33(11-13-34)21-8-7-9-22(17-21)37-6/h7-9,14-17,25H,10-13H2,1-6H3,(H,29,36)/t25-/m0/s1. The third-order valence-electron chi connectivity index (χ3n) is 7.25. The molecule has 1 aliphatic rings. The van der Waals surface area contributed by atoms with Gasteiger partial charge >= 0.3 is 0 Å². The van der Waals surface area contributed by atoms with Gasteiger partial charge < -0.3 is 14.6 Å². The van der Waals surface area contributed by atoms with Crippen LogP contribution in [0.25, 0.3) is 10.9 Å². The minimum absolute atomic E-state index is 0.112. The molecule has 0 aliphatic carbocycles. The van der Waals surface area contributed by atoms with Gasteiger partial charge in [-0.05, 0) is 91.9 Å². The number of nitrogens with one attached hydrogen (secondary N) is 1. The Balaban J connectivity index is 1.55. The third kappa shape index (κ3) is 4.83. The van der Waals surface area contributed by atoms with E-state index in [0.717, 1.165) is 54.1 Å². The summed E-state index contributed by atoms with van der Waals surface area (Å²) < 4.78 is 7.26. The fraction of sp³-hybridized carbons (Fsp3) is 0.429. The zero-order valence-electron chi connectivity index (χ0n) is 22.4. The van der Waals surface area contributed by atoms with Crippen LogP contribution in [0.1, 0.15) is 49.3 Å². The summed E-state index contributed by atoms with van der Waals surface area (Å²) >= 11 is 0. The summed E-state index contributed by atoms with van der Waals surface area (Å²) in [5, 5.41) is 13.8. The Morgan fingerprint density at radius 1 is 1.00 bits per heavy atom. The minimum Gasteiger partial charge on any atom is -0.497 e. The van der Waals surface area contributed by atoms with Crippen LogP contribution in [0.4, 0.5) is 5.69 Å². The number of aromatic nitrogens is 5. The zero-order chi connectivity index (χ0) is 26.3. The van der Waals surface area contributed by atoms with Gasteiger partial charge in [0.1, 0.15) is 11.8 Å². The number of H-pyrrole nitrogens is 1. The van der Waals surface area contributed by atoms with Gasteiger partial charge in [-0.15, -0.1) is 5.10 Å². The van der Waals surface area contributed by atoms with E-state index in [1.165, 1.54) is 5.56 Å². The van der Waals surface area contributed by atoms with Gasteiger partial charge in [0, 0.05) is 49.0 Å². The number of nitrogens with zero attached hydrogens (tertiary/aromatic N) is 6. The molecular weight excluding hydrogens is 466 g/mol. The molecule has 37 heavy (non-hydrogen) atoms. The quantitative estimate of drug-likeness (QED) is 0.445. The molecule has 4 aromatic rings. The Labute approximate surface area is 217 Å². The van der Waals surface area contributed by atoms with Gasteiger partial charge in [0.05, 0.1) is 12.6 Å². The van der Waals surface area contributed by atoms with E-state index in [9.17, 15) is 4.79 Å². The molecule has 3 heterocycles. The normalized spacial score (nSPS) is 15.8. The van der Waals surface area contributed by atoms with Gasteiger partial charge in [0.15, 0.2) is 5.82 Å².